The molecular weight excluding hydrogens is 306 g/mol. The van der Waals surface area contributed by atoms with Gasteiger partial charge in [0.25, 0.3) is 5.91 Å². The second-order valence-corrected chi connectivity index (χ2v) is 7.42. The van der Waals surface area contributed by atoms with Crippen molar-refractivity contribution >= 4 is 21.7 Å². The maximum atomic E-state index is 12.6. The van der Waals surface area contributed by atoms with Gasteiger partial charge < -0.3 is 10.0 Å². The van der Waals surface area contributed by atoms with Crippen LogP contribution in [0, 0.1) is 0 Å². The van der Waals surface area contributed by atoms with E-state index in [2.05, 4.69) is 6.58 Å². The monoisotopic (exact) mass is 323 g/mol. The lowest BCUT2D eigenvalue weighted by Crippen LogP contribution is -2.41. The average molecular weight is 323 g/mol. The zero-order chi connectivity index (χ0) is 16.3. The maximum absolute atomic E-state index is 12.6. The van der Waals surface area contributed by atoms with E-state index in [9.17, 15) is 18.0 Å². The third-order valence-electron chi connectivity index (χ3n) is 3.59. The van der Waals surface area contributed by atoms with Crippen molar-refractivity contribution in [2.75, 3.05) is 18.1 Å². The van der Waals surface area contributed by atoms with Crippen LogP contribution in [-0.2, 0) is 9.84 Å². The molecule has 1 unspecified atom stereocenters. The van der Waals surface area contributed by atoms with Crippen LogP contribution < -0.4 is 0 Å². The molecule has 2 rings (SSSR count). The van der Waals surface area contributed by atoms with E-state index < -0.39 is 21.8 Å². The van der Waals surface area contributed by atoms with E-state index >= 15 is 0 Å². The number of carbonyl (C=O) groups is 2. The second-order valence-electron chi connectivity index (χ2n) is 5.19. The van der Waals surface area contributed by atoms with Gasteiger partial charge >= 0.3 is 5.97 Å². The largest absolute Gasteiger partial charge is 0.478 e. The van der Waals surface area contributed by atoms with Crippen LogP contribution in [0.2, 0.25) is 0 Å². The van der Waals surface area contributed by atoms with Crippen molar-refractivity contribution in [3.63, 3.8) is 0 Å². The van der Waals surface area contributed by atoms with Crippen molar-refractivity contribution in [2.24, 2.45) is 0 Å². The molecule has 0 aromatic heterocycles. The van der Waals surface area contributed by atoms with Gasteiger partial charge in [0.2, 0.25) is 0 Å². The van der Waals surface area contributed by atoms with E-state index in [0.29, 0.717) is 6.42 Å². The molecule has 6 nitrogen and oxygen atoms in total. The lowest BCUT2D eigenvalue weighted by atomic mass is 10.1. The van der Waals surface area contributed by atoms with E-state index in [-0.39, 0.29) is 35.1 Å². The summed E-state index contributed by atoms with van der Waals surface area (Å²) in [6.45, 7) is 3.81. The average Bonchev–Trinajstić information content (AvgIpc) is 2.84. The number of sulfone groups is 1. The summed E-state index contributed by atoms with van der Waals surface area (Å²) < 4.78 is 23.2. The first-order valence-corrected chi connectivity index (χ1v) is 8.62. The van der Waals surface area contributed by atoms with Crippen LogP contribution >= 0.6 is 0 Å². The molecule has 1 aliphatic heterocycles. The van der Waals surface area contributed by atoms with Gasteiger partial charge in [-0.15, -0.1) is 6.58 Å². The van der Waals surface area contributed by atoms with Gasteiger partial charge in [-0.1, -0.05) is 12.1 Å². The minimum Gasteiger partial charge on any atom is -0.478 e. The summed E-state index contributed by atoms with van der Waals surface area (Å²) in [5.41, 5.74) is 0.245. The number of rotatable bonds is 5. The Morgan fingerprint density at radius 1 is 1.36 bits per heavy atom. The van der Waals surface area contributed by atoms with Gasteiger partial charge in [-0.3, -0.25) is 4.79 Å². The highest BCUT2D eigenvalue weighted by Crippen LogP contribution is 2.20. The third kappa shape index (κ3) is 3.54. The first kappa shape index (κ1) is 16.2. The number of carboxylic acids is 1. The van der Waals surface area contributed by atoms with E-state index in [1.165, 1.54) is 35.2 Å². The summed E-state index contributed by atoms with van der Waals surface area (Å²) in [7, 11) is -3.12. The molecule has 1 saturated heterocycles. The van der Waals surface area contributed by atoms with Gasteiger partial charge in [0.1, 0.15) is 0 Å². The molecule has 0 bridgehead atoms. The standard InChI is InChI=1S/C15H17NO5S/c1-2-7-16(13-6-8-22(20,21)10-13)14(17)11-4-3-5-12(9-11)15(18)19/h2-5,9,13H,1,6-8,10H2,(H,18,19). The van der Waals surface area contributed by atoms with Crippen LogP contribution in [0.5, 0.6) is 0 Å². The van der Waals surface area contributed by atoms with Gasteiger partial charge in [0.15, 0.2) is 9.84 Å². The Hall–Kier alpha value is -2.15. The molecule has 1 aromatic rings. The highest BCUT2D eigenvalue weighted by atomic mass is 32.2. The maximum Gasteiger partial charge on any atom is 0.335 e. The SMILES string of the molecule is C=CCN(C(=O)c1cccc(C(=O)O)c1)C1CCS(=O)(=O)C1. The Labute approximate surface area is 129 Å². The van der Waals surface area contributed by atoms with Gasteiger partial charge in [-0.05, 0) is 24.6 Å². The zero-order valence-corrected chi connectivity index (χ0v) is 12.8. The summed E-state index contributed by atoms with van der Waals surface area (Å²) in [6, 6.07) is 5.31. The molecule has 1 heterocycles. The number of carboxylic acid groups (broad SMARTS) is 1. The number of nitrogens with zero attached hydrogens (tertiary/aromatic N) is 1. The Morgan fingerprint density at radius 3 is 2.59 bits per heavy atom. The van der Waals surface area contributed by atoms with Crippen molar-refractivity contribution in [2.45, 2.75) is 12.5 Å². The zero-order valence-electron chi connectivity index (χ0n) is 11.9. The number of aromatic carboxylic acids is 1. The van der Waals surface area contributed by atoms with Gasteiger partial charge in [0, 0.05) is 18.2 Å². The Bertz CT molecular complexity index is 710. The minimum absolute atomic E-state index is 0.0171. The van der Waals surface area contributed by atoms with Crippen molar-refractivity contribution in [3.05, 3.63) is 48.0 Å². The van der Waals surface area contributed by atoms with Crippen LogP contribution in [-0.4, -0.2) is 54.4 Å². The highest BCUT2D eigenvalue weighted by Gasteiger charge is 2.34. The molecule has 0 saturated carbocycles. The molecule has 1 aromatic carbocycles. The smallest absolute Gasteiger partial charge is 0.335 e. The van der Waals surface area contributed by atoms with Crippen LogP contribution in [0.15, 0.2) is 36.9 Å². The number of hydrogen-bond acceptors (Lipinski definition) is 4. The molecule has 7 heteroatoms. The second kappa shape index (κ2) is 6.31. The third-order valence-corrected chi connectivity index (χ3v) is 5.34. The quantitative estimate of drug-likeness (QED) is 0.822. The fraction of sp³-hybridized carbons (Fsp3) is 0.333. The number of benzene rings is 1. The fourth-order valence-electron chi connectivity index (χ4n) is 2.51. The van der Waals surface area contributed by atoms with Crippen LogP contribution in [0.4, 0.5) is 0 Å². The minimum atomic E-state index is -3.12. The molecule has 1 amide bonds. The summed E-state index contributed by atoms with van der Waals surface area (Å²) in [4.78, 5) is 25.0. The molecule has 0 aliphatic carbocycles. The number of carbonyl (C=O) groups excluding carboxylic acids is 1. The highest BCUT2D eigenvalue weighted by molar-refractivity contribution is 7.91. The summed E-state index contributed by atoms with van der Waals surface area (Å²) in [5, 5.41) is 8.99. The van der Waals surface area contributed by atoms with E-state index in [1.807, 2.05) is 0 Å². The van der Waals surface area contributed by atoms with Crippen LogP contribution in [0.3, 0.4) is 0 Å². The van der Waals surface area contributed by atoms with Crippen molar-refractivity contribution in [1.29, 1.82) is 0 Å². The summed E-state index contributed by atoms with van der Waals surface area (Å²) in [6.07, 6.45) is 1.92. The first-order valence-electron chi connectivity index (χ1n) is 6.79. The topological polar surface area (TPSA) is 91.8 Å². The lowest BCUT2D eigenvalue weighted by Gasteiger charge is -2.27. The Balaban J connectivity index is 2.28. The summed E-state index contributed by atoms with van der Waals surface area (Å²) in [5.74, 6) is -1.50. The normalized spacial score (nSPS) is 19.5. The summed E-state index contributed by atoms with van der Waals surface area (Å²) >= 11 is 0. The predicted molar refractivity (Wildman–Crippen MR) is 81.7 cm³/mol. The lowest BCUT2D eigenvalue weighted by molar-refractivity contribution is 0.0697. The van der Waals surface area contributed by atoms with E-state index in [1.54, 1.807) is 0 Å². The first-order chi connectivity index (χ1) is 10.3. The Morgan fingerprint density at radius 2 is 2.05 bits per heavy atom. The molecule has 118 valence electrons. The fourth-order valence-corrected chi connectivity index (χ4v) is 4.24. The number of amides is 1. The van der Waals surface area contributed by atoms with Gasteiger partial charge in [-0.25, -0.2) is 13.2 Å². The van der Waals surface area contributed by atoms with E-state index in [0.717, 1.165) is 0 Å². The number of hydrogen-bond donors (Lipinski definition) is 1. The Kier molecular flexibility index (Phi) is 4.65. The van der Waals surface area contributed by atoms with Gasteiger partial charge in [-0.2, -0.15) is 0 Å². The molecular formula is C15H17NO5S. The molecule has 0 radical (unpaired) electrons. The molecule has 0 spiro atoms. The van der Waals surface area contributed by atoms with Crippen LogP contribution in [0.1, 0.15) is 27.1 Å². The van der Waals surface area contributed by atoms with Crippen molar-refractivity contribution < 1.29 is 23.1 Å². The molecule has 22 heavy (non-hydrogen) atoms. The molecule has 1 atom stereocenters. The van der Waals surface area contributed by atoms with Crippen molar-refractivity contribution in [3.8, 4) is 0 Å². The van der Waals surface area contributed by atoms with Crippen molar-refractivity contribution in [1.82, 2.24) is 4.90 Å². The predicted octanol–water partition coefficient (Wildman–Crippen LogP) is 1.20. The molecule has 1 fully saturated rings. The molecule has 1 aliphatic rings. The van der Waals surface area contributed by atoms with Gasteiger partial charge in [0.05, 0.1) is 17.1 Å². The van der Waals surface area contributed by atoms with E-state index in [4.69, 9.17) is 5.11 Å². The van der Waals surface area contributed by atoms with Crippen LogP contribution in [0.25, 0.3) is 0 Å². The molecule has 1 N–H and O–H groups in total.